The second-order valence-corrected chi connectivity index (χ2v) is 6.28. The van der Waals surface area contributed by atoms with Gasteiger partial charge in [-0.05, 0) is 36.8 Å². The maximum atomic E-state index is 10.3. The van der Waals surface area contributed by atoms with Crippen molar-refractivity contribution >= 4 is 0 Å². The smallest absolute Gasteiger partial charge is 0.0916 e. The SMILES string of the molecule is OC(CN1CCC2CCCCC2C1)c1ccccc1. The van der Waals surface area contributed by atoms with Crippen LogP contribution in [0.1, 0.15) is 43.8 Å². The topological polar surface area (TPSA) is 23.5 Å². The molecule has 1 heterocycles. The summed E-state index contributed by atoms with van der Waals surface area (Å²) in [6, 6.07) is 10.1. The molecule has 3 atom stereocenters. The lowest BCUT2D eigenvalue weighted by Crippen LogP contribution is -2.43. The predicted octanol–water partition coefficient (Wildman–Crippen LogP) is 3.23. The van der Waals surface area contributed by atoms with E-state index < -0.39 is 0 Å². The zero-order chi connectivity index (χ0) is 13.1. The third-order valence-corrected chi connectivity index (χ3v) is 4.99. The minimum absolute atomic E-state index is 0.332. The first-order valence-electron chi connectivity index (χ1n) is 7.78. The maximum Gasteiger partial charge on any atom is 0.0916 e. The van der Waals surface area contributed by atoms with Gasteiger partial charge in [0.2, 0.25) is 0 Å². The van der Waals surface area contributed by atoms with Gasteiger partial charge in [0.25, 0.3) is 0 Å². The monoisotopic (exact) mass is 259 g/mol. The zero-order valence-electron chi connectivity index (χ0n) is 11.7. The van der Waals surface area contributed by atoms with Crippen LogP contribution in [0.25, 0.3) is 0 Å². The fourth-order valence-electron chi connectivity index (χ4n) is 3.87. The molecule has 0 bridgehead atoms. The summed E-state index contributed by atoms with van der Waals surface area (Å²) in [5, 5.41) is 10.3. The number of hydrogen-bond acceptors (Lipinski definition) is 2. The molecule has 0 amide bonds. The molecule has 1 aliphatic carbocycles. The van der Waals surface area contributed by atoms with E-state index in [0.717, 1.165) is 23.9 Å². The molecule has 2 aliphatic rings. The van der Waals surface area contributed by atoms with Gasteiger partial charge in [-0.3, -0.25) is 0 Å². The van der Waals surface area contributed by atoms with Crippen LogP contribution in [0.4, 0.5) is 0 Å². The van der Waals surface area contributed by atoms with Gasteiger partial charge in [0.1, 0.15) is 0 Å². The largest absolute Gasteiger partial charge is 0.387 e. The van der Waals surface area contributed by atoms with Crippen LogP contribution >= 0.6 is 0 Å². The van der Waals surface area contributed by atoms with Gasteiger partial charge < -0.3 is 10.0 Å². The summed E-state index contributed by atoms with van der Waals surface area (Å²) in [5.74, 6) is 1.87. The normalized spacial score (nSPS) is 29.7. The first kappa shape index (κ1) is 13.1. The second kappa shape index (κ2) is 6.06. The molecule has 2 nitrogen and oxygen atoms in total. The van der Waals surface area contributed by atoms with Gasteiger partial charge >= 0.3 is 0 Å². The van der Waals surface area contributed by atoms with E-state index in [9.17, 15) is 5.11 Å². The molecule has 1 N–H and O–H groups in total. The van der Waals surface area contributed by atoms with Crippen LogP contribution in [0.5, 0.6) is 0 Å². The van der Waals surface area contributed by atoms with Gasteiger partial charge in [0, 0.05) is 13.1 Å². The lowest BCUT2D eigenvalue weighted by molar-refractivity contribution is 0.0460. The number of aliphatic hydroxyl groups is 1. The highest BCUT2D eigenvalue weighted by Gasteiger charge is 2.31. The van der Waals surface area contributed by atoms with Crippen LogP contribution in [-0.2, 0) is 0 Å². The Labute approximate surface area is 116 Å². The molecule has 1 aliphatic heterocycles. The Hall–Kier alpha value is -0.860. The number of β-amino-alcohol motifs (C(OH)–C–C–N with tert-alkyl or cyclic N) is 1. The number of rotatable bonds is 3. The van der Waals surface area contributed by atoms with Gasteiger partial charge in [-0.15, -0.1) is 0 Å². The molecule has 104 valence electrons. The molecule has 3 unspecified atom stereocenters. The maximum absolute atomic E-state index is 10.3. The summed E-state index contributed by atoms with van der Waals surface area (Å²) < 4.78 is 0. The first-order chi connectivity index (χ1) is 9.33. The van der Waals surface area contributed by atoms with Gasteiger partial charge in [-0.1, -0.05) is 49.6 Å². The quantitative estimate of drug-likeness (QED) is 0.901. The summed E-state index contributed by atoms with van der Waals surface area (Å²) in [4.78, 5) is 2.48. The molecule has 2 heteroatoms. The van der Waals surface area contributed by atoms with Crippen LogP contribution in [0, 0.1) is 11.8 Å². The van der Waals surface area contributed by atoms with Crippen molar-refractivity contribution in [2.75, 3.05) is 19.6 Å². The Morgan fingerprint density at radius 1 is 1.05 bits per heavy atom. The van der Waals surface area contributed by atoms with Crippen LogP contribution in [0.2, 0.25) is 0 Å². The van der Waals surface area contributed by atoms with Crippen molar-refractivity contribution in [2.24, 2.45) is 11.8 Å². The summed E-state index contributed by atoms with van der Waals surface area (Å²) in [6.45, 7) is 3.17. The fourth-order valence-corrected chi connectivity index (χ4v) is 3.87. The number of fused-ring (bicyclic) bond motifs is 1. The third kappa shape index (κ3) is 3.18. The average molecular weight is 259 g/mol. The molecular weight excluding hydrogens is 234 g/mol. The van der Waals surface area contributed by atoms with Crippen LogP contribution in [-0.4, -0.2) is 29.6 Å². The highest BCUT2D eigenvalue weighted by Crippen LogP contribution is 2.36. The molecule has 3 rings (SSSR count). The number of likely N-dealkylation sites (tertiary alicyclic amines) is 1. The van der Waals surface area contributed by atoms with E-state index >= 15 is 0 Å². The molecule has 0 aromatic heterocycles. The van der Waals surface area contributed by atoms with Crippen LogP contribution in [0.15, 0.2) is 30.3 Å². The average Bonchev–Trinajstić information content (AvgIpc) is 2.48. The summed E-state index contributed by atoms with van der Waals surface area (Å²) in [7, 11) is 0. The van der Waals surface area contributed by atoms with Crippen molar-refractivity contribution in [3.63, 3.8) is 0 Å². The molecule has 1 saturated carbocycles. The Morgan fingerprint density at radius 3 is 2.58 bits per heavy atom. The van der Waals surface area contributed by atoms with Gasteiger partial charge in [-0.25, -0.2) is 0 Å². The highest BCUT2D eigenvalue weighted by atomic mass is 16.3. The number of nitrogens with zero attached hydrogens (tertiary/aromatic N) is 1. The van der Waals surface area contributed by atoms with Crippen LogP contribution < -0.4 is 0 Å². The van der Waals surface area contributed by atoms with Crippen molar-refractivity contribution in [2.45, 2.75) is 38.2 Å². The summed E-state index contributed by atoms with van der Waals surface area (Å²) >= 11 is 0. The van der Waals surface area contributed by atoms with E-state index in [2.05, 4.69) is 4.90 Å². The van der Waals surface area contributed by atoms with E-state index in [1.165, 1.54) is 45.2 Å². The number of benzene rings is 1. The molecule has 1 aromatic rings. The fraction of sp³-hybridized carbons (Fsp3) is 0.647. The van der Waals surface area contributed by atoms with Crippen molar-refractivity contribution in [1.29, 1.82) is 0 Å². The van der Waals surface area contributed by atoms with Gasteiger partial charge in [-0.2, -0.15) is 0 Å². The zero-order valence-corrected chi connectivity index (χ0v) is 11.7. The molecular formula is C17H25NO. The summed E-state index contributed by atoms with van der Waals surface area (Å²) in [6.07, 6.45) is 6.71. The minimum atomic E-state index is -0.332. The van der Waals surface area contributed by atoms with Crippen molar-refractivity contribution in [3.8, 4) is 0 Å². The van der Waals surface area contributed by atoms with E-state index in [1.54, 1.807) is 0 Å². The highest BCUT2D eigenvalue weighted by molar-refractivity contribution is 5.17. The molecule has 2 fully saturated rings. The minimum Gasteiger partial charge on any atom is -0.387 e. The van der Waals surface area contributed by atoms with Crippen molar-refractivity contribution in [3.05, 3.63) is 35.9 Å². The molecule has 19 heavy (non-hydrogen) atoms. The van der Waals surface area contributed by atoms with E-state index in [0.29, 0.717) is 0 Å². The lowest BCUT2D eigenvalue weighted by Gasteiger charge is -2.41. The molecule has 0 spiro atoms. The standard InChI is InChI=1S/C17H25NO/c19-17(15-7-2-1-3-8-15)13-18-11-10-14-6-4-5-9-16(14)12-18/h1-3,7-8,14,16-17,19H,4-6,9-13H2. The Balaban J connectivity index is 1.56. The van der Waals surface area contributed by atoms with E-state index in [1.807, 2.05) is 30.3 Å². The molecule has 1 aromatic carbocycles. The predicted molar refractivity (Wildman–Crippen MR) is 77.9 cm³/mol. The van der Waals surface area contributed by atoms with Crippen LogP contribution in [0.3, 0.4) is 0 Å². The van der Waals surface area contributed by atoms with Gasteiger partial charge in [0.05, 0.1) is 6.10 Å². The molecule has 0 radical (unpaired) electrons. The number of hydrogen-bond donors (Lipinski definition) is 1. The number of aliphatic hydroxyl groups excluding tert-OH is 1. The first-order valence-corrected chi connectivity index (χ1v) is 7.78. The molecule has 1 saturated heterocycles. The second-order valence-electron chi connectivity index (χ2n) is 6.28. The lowest BCUT2D eigenvalue weighted by atomic mass is 9.75. The van der Waals surface area contributed by atoms with Gasteiger partial charge in [0.15, 0.2) is 0 Å². The summed E-state index contributed by atoms with van der Waals surface area (Å²) in [5.41, 5.74) is 1.05. The van der Waals surface area contributed by atoms with Crippen molar-refractivity contribution < 1.29 is 5.11 Å². The Kier molecular flexibility index (Phi) is 4.19. The Morgan fingerprint density at radius 2 is 1.79 bits per heavy atom. The number of piperidine rings is 1. The van der Waals surface area contributed by atoms with E-state index in [-0.39, 0.29) is 6.10 Å². The van der Waals surface area contributed by atoms with E-state index in [4.69, 9.17) is 0 Å². The van der Waals surface area contributed by atoms with Crippen molar-refractivity contribution in [1.82, 2.24) is 4.90 Å². The third-order valence-electron chi connectivity index (χ3n) is 4.99. The Bertz CT molecular complexity index is 392.